The molecule has 1 fully saturated rings. The number of carbonyl (C=O) groups is 2. The van der Waals surface area contributed by atoms with Gasteiger partial charge in [-0.2, -0.15) is 0 Å². The van der Waals surface area contributed by atoms with Crippen LogP contribution in [0.4, 0.5) is 0 Å². The molecule has 3 aromatic carbocycles. The van der Waals surface area contributed by atoms with Crippen LogP contribution >= 0.6 is 0 Å². The summed E-state index contributed by atoms with van der Waals surface area (Å²) in [7, 11) is 4.47. The van der Waals surface area contributed by atoms with Crippen LogP contribution in [0.2, 0.25) is 0 Å². The highest BCUT2D eigenvalue weighted by molar-refractivity contribution is 6.46. The van der Waals surface area contributed by atoms with Gasteiger partial charge < -0.3 is 33.7 Å². The zero-order valence-corrected chi connectivity index (χ0v) is 21.9. The van der Waals surface area contributed by atoms with Gasteiger partial charge in [0.05, 0.1) is 32.9 Å². The maximum absolute atomic E-state index is 13.5. The first-order valence-electron chi connectivity index (χ1n) is 12.5. The summed E-state index contributed by atoms with van der Waals surface area (Å²) in [5.41, 5.74) is 1.82. The van der Waals surface area contributed by atoms with E-state index in [-0.39, 0.29) is 17.9 Å². The van der Waals surface area contributed by atoms with Crippen LogP contribution in [-0.2, 0) is 16.0 Å². The number of benzene rings is 3. The molecule has 9 nitrogen and oxygen atoms in total. The number of ether oxygens (including phenoxy) is 5. The molecule has 1 saturated heterocycles. The summed E-state index contributed by atoms with van der Waals surface area (Å²) >= 11 is 0. The molecule has 0 aromatic heterocycles. The molecule has 1 N–H and O–H groups in total. The van der Waals surface area contributed by atoms with E-state index in [0.29, 0.717) is 59.5 Å². The van der Waals surface area contributed by atoms with Crippen molar-refractivity contribution in [2.24, 2.45) is 0 Å². The van der Waals surface area contributed by atoms with E-state index in [4.69, 9.17) is 23.7 Å². The van der Waals surface area contributed by atoms with Crippen molar-refractivity contribution < 1.29 is 38.4 Å². The molecule has 0 unspecified atom stereocenters. The van der Waals surface area contributed by atoms with Gasteiger partial charge in [-0.05, 0) is 47.9 Å². The number of nitrogens with zero attached hydrogens (tertiary/aromatic N) is 1. The monoisotopic (exact) mass is 531 g/mol. The van der Waals surface area contributed by atoms with Crippen molar-refractivity contribution >= 4 is 17.4 Å². The molecular weight excluding hydrogens is 502 g/mol. The maximum atomic E-state index is 13.5. The minimum atomic E-state index is -0.907. The van der Waals surface area contributed by atoms with E-state index >= 15 is 0 Å². The van der Waals surface area contributed by atoms with Gasteiger partial charge in [0.25, 0.3) is 11.7 Å². The van der Waals surface area contributed by atoms with Gasteiger partial charge in [-0.15, -0.1) is 0 Å². The number of hydrogen-bond acceptors (Lipinski definition) is 8. The third kappa shape index (κ3) is 4.83. The average Bonchev–Trinajstić information content (AvgIpc) is 3.24. The van der Waals surface area contributed by atoms with Crippen molar-refractivity contribution in [1.82, 2.24) is 4.90 Å². The summed E-state index contributed by atoms with van der Waals surface area (Å²) in [4.78, 5) is 28.4. The lowest BCUT2D eigenvalue weighted by molar-refractivity contribution is -0.139. The zero-order valence-electron chi connectivity index (χ0n) is 21.9. The fourth-order valence-electron chi connectivity index (χ4n) is 4.96. The number of carbonyl (C=O) groups excluding carboxylic acids is 2. The van der Waals surface area contributed by atoms with E-state index in [2.05, 4.69) is 0 Å². The van der Waals surface area contributed by atoms with E-state index in [1.807, 2.05) is 30.3 Å². The standard InChI is InChI=1S/C30H29NO8/c1-35-23-16-20(17-24(36-2)29(23)37-3)26-25(27(32)19-9-10-21-22(15-19)39-14-13-38-21)28(33)30(34)31(26)12-11-18-7-5-4-6-8-18/h4-10,15-17,26,32H,11-14H2,1-3H3/b27-25+/t26-/m0/s1. The second kappa shape index (κ2) is 11.0. The van der Waals surface area contributed by atoms with Gasteiger partial charge in [-0.1, -0.05) is 30.3 Å². The second-order valence-electron chi connectivity index (χ2n) is 9.05. The van der Waals surface area contributed by atoms with Crippen molar-refractivity contribution in [1.29, 1.82) is 0 Å². The number of ketones is 1. The molecule has 2 aliphatic rings. The molecule has 2 heterocycles. The van der Waals surface area contributed by atoms with Gasteiger partial charge in [0.1, 0.15) is 19.0 Å². The van der Waals surface area contributed by atoms with Crippen molar-refractivity contribution in [3.8, 4) is 28.7 Å². The van der Waals surface area contributed by atoms with Crippen LogP contribution < -0.4 is 23.7 Å². The molecule has 0 radical (unpaired) electrons. The summed E-state index contributed by atoms with van der Waals surface area (Å²) in [6, 6.07) is 17.0. The molecule has 0 aliphatic carbocycles. The van der Waals surface area contributed by atoms with Gasteiger partial charge in [0.2, 0.25) is 5.75 Å². The predicted molar refractivity (Wildman–Crippen MR) is 143 cm³/mol. The highest BCUT2D eigenvalue weighted by atomic mass is 16.6. The topological polar surface area (TPSA) is 104 Å². The Morgan fingerprint density at radius 2 is 1.56 bits per heavy atom. The quantitative estimate of drug-likeness (QED) is 0.263. The largest absolute Gasteiger partial charge is 0.507 e. The minimum Gasteiger partial charge on any atom is -0.507 e. The number of aliphatic hydroxyl groups is 1. The van der Waals surface area contributed by atoms with Crippen molar-refractivity contribution in [3.63, 3.8) is 0 Å². The van der Waals surface area contributed by atoms with Crippen molar-refractivity contribution in [2.75, 3.05) is 41.1 Å². The average molecular weight is 532 g/mol. The molecule has 39 heavy (non-hydrogen) atoms. The molecule has 0 saturated carbocycles. The SMILES string of the molecule is COc1cc([C@H]2/C(=C(\O)c3ccc4c(c3)OCCO4)C(=O)C(=O)N2CCc2ccccc2)cc(OC)c1OC. The molecule has 0 bridgehead atoms. The molecule has 5 rings (SSSR count). The Labute approximate surface area is 226 Å². The molecule has 202 valence electrons. The van der Waals surface area contributed by atoms with Gasteiger partial charge in [-0.3, -0.25) is 9.59 Å². The molecule has 3 aromatic rings. The fourth-order valence-corrected chi connectivity index (χ4v) is 4.96. The maximum Gasteiger partial charge on any atom is 0.295 e. The molecule has 0 spiro atoms. The van der Waals surface area contributed by atoms with Gasteiger partial charge in [-0.25, -0.2) is 0 Å². The Kier molecular flexibility index (Phi) is 7.31. The zero-order chi connectivity index (χ0) is 27.5. The first kappa shape index (κ1) is 26.0. The van der Waals surface area contributed by atoms with Crippen LogP contribution in [0.15, 0.2) is 66.2 Å². The van der Waals surface area contributed by atoms with Gasteiger partial charge in [0, 0.05) is 12.1 Å². The van der Waals surface area contributed by atoms with Crippen LogP contribution in [0.5, 0.6) is 28.7 Å². The molecule has 1 atom stereocenters. The fraction of sp³-hybridized carbons (Fsp3) is 0.267. The first-order valence-corrected chi connectivity index (χ1v) is 12.5. The number of Topliss-reactive ketones (excluding diaryl/α,β-unsaturated/α-hetero) is 1. The Morgan fingerprint density at radius 3 is 2.21 bits per heavy atom. The van der Waals surface area contributed by atoms with E-state index in [1.54, 1.807) is 30.3 Å². The lowest BCUT2D eigenvalue weighted by atomic mass is 9.94. The number of fused-ring (bicyclic) bond motifs is 1. The Morgan fingerprint density at radius 1 is 0.897 bits per heavy atom. The number of rotatable bonds is 8. The molecule has 1 amide bonds. The summed E-state index contributed by atoms with van der Waals surface area (Å²) in [5.74, 6) is 0.288. The van der Waals surface area contributed by atoms with Crippen LogP contribution in [0.3, 0.4) is 0 Å². The third-order valence-corrected chi connectivity index (χ3v) is 6.84. The third-order valence-electron chi connectivity index (χ3n) is 6.84. The number of aliphatic hydroxyl groups excluding tert-OH is 1. The van der Waals surface area contributed by atoms with Crippen LogP contribution in [0.1, 0.15) is 22.7 Å². The molecular formula is C30H29NO8. The lowest BCUT2D eigenvalue weighted by Gasteiger charge is -2.27. The molecule has 2 aliphatic heterocycles. The van der Waals surface area contributed by atoms with E-state index in [1.165, 1.54) is 26.2 Å². The van der Waals surface area contributed by atoms with Crippen LogP contribution in [-0.4, -0.2) is 62.8 Å². The summed E-state index contributed by atoms with van der Waals surface area (Å²) in [5, 5.41) is 11.5. The van der Waals surface area contributed by atoms with Gasteiger partial charge >= 0.3 is 0 Å². The van der Waals surface area contributed by atoms with E-state index in [9.17, 15) is 14.7 Å². The molecule has 9 heteroatoms. The van der Waals surface area contributed by atoms with Crippen LogP contribution in [0.25, 0.3) is 5.76 Å². The highest BCUT2D eigenvalue weighted by Gasteiger charge is 2.46. The summed E-state index contributed by atoms with van der Waals surface area (Å²) < 4.78 is 27.8. The number of amides is 1. The summed E-state index contributed by atoms with van der Waals surface area (Å²) in [6.45, 7) is 1.03. The van der Waals surface area contributed by atoms with Crippen LogP contribution in [0, 0.1) is 0 Å². The lowest BCUT2D eigenvalue weighted by Crippen LogP contribution is -2.31. The van der Waals surface area contributed by atoms with Gasteiger partial charge in [0.15, 0.2) is 23.0 Å². The number of likely N-dealkylation sites (tertiary alicyclic amines) is 1. The summed E-state index contributed by atoms with van der Waals surface area (Å²) in [6.07, 6.45) is 0.513. The van der Waals surface area contributed by atoms with E-state index in [0.717, 1.165) is 5.56 Å². The van der Waals surface area contributed by atoms with E-state index < -0.39 is 17.7 Å². The predicted octanol–water partition coefficient (Wildman–Crippen LogP) is 4.15. The first-order chi connectivity index (χ1) is 19.0. The second-order valence-corrected chi connectivity index (χ2v) is 9.05. The minimum absolute atomic E-state index is 0.0426. The Balaban J connectivity index is 1.65. The Hall–Kier alpha value is -4.66. The highest BCUT2D eigenvalue weighted by Crippen LogP contribution is 2.46. The normalized spacial score (nSPS) is 17.7. The number of hydrogen-bond donors (Lipinski definition) is 1. The van der Waals surface area contributed by atoms with Crippen molar-refractivity contribution in [2.45, 2.75) is 12.5 Å². The smallest absolute Gasteiger partial charge is 0.295 e. The number of methoxy groups -OCH3 is 3. The van der Waals surface area contributed by atoms with Crippen molar-refractivity contribution in [3.05, 3.63) is 82.9 Å². The Bertz CT molecular complexity index is 1410.